The van der Waals surface area contributed by atoms with Crippen LogP contribution in [0.25, 0.3) is 0 Å². The van der Waals surface area contributed by atoms with E-state index >= 15 is 0 Å². The molecule has 30 heavy (non-hydrogen) atoms. The number of benzene rings is 2. The zero-order valence-electron chi connectivity index (χ0n) is 17.5. The minimum absolute atomic E-state index is 0.141. The first-order chi connectivity index (χ1) is 14.3. The molecule has 0 N–H and O–H groups in total. The van der Waals surface area contributed by atoms with E-state index in [4.69, 9.17) is 0 Å². The van der Waals surface area contributed by atoms with Crippen LogP contribution in [0.1, 0.15) is 26.3 Å². The van der Waals surface area contributed by atoms with Crippen molar-refractivity contribution in [3.8, 4) is 0 Å². The first-order valence-corrected chi connectivity index (χ1v) is 11.6. The van der Waals surface area contributed by atoms with Gasteiger partial charge in [-0.15, -0.1) is 0 Å². The molecule has 2 aromatic carbocycles. The Hall–Kier alpha value is -2.71. The third kappa shape index (κ3) is 3.97. The SMILES string of the molecule is CCN1C(=O)N(c2ccc(S(=O)(=O)N(CC)CC)cc2)C(=O)[C@H]1Cc1ccccc1. The first kappa shape index (κ1) is 22.0. The molecule has 7 nitrogen and oxygen atoms in total. The van der Waals surface area contributed by atoms with Gasteiger partial charge in [-0.3, -0.25) is 4.79 Å². The lowest BCUT2D eigenvalue weighted by molar-refractivity contribution is -0.119. The normalized spacial score (nSPS) is 17.3. The second kappa shape index (κ2) is 8.97. The van der Waals surface area contributed by atoms with Crippen LogP contribution >= 0.6 is 0 Å². The number of rotatable bonds is 8. The third-order valence-electron chi connectivity index (χ3n) is 5.37. The quantitative estimate of drug-likeness (QED) is 0.604. The van der Waals surface area contributed by atoms with E-state index in [0.29, 0.717) is 31.7 Å². The van der Waals surface area contributed by atoms with Crippen LogP contribution in [-0.2, 0) is 21.2 Å². The van der Waals surface area contributed by atoms with Gasteiger partial charge in [0, 0.05) is 26.1 Å². The standard InChI is InChI=1S/C22H27N3O4S/c1-4-23(5-2)30(28,29)19-14-12-18(13-15-19)25-21(26)20(24(6-3)22(25)27)16-17-10-8-7-9-11-17/h7-15,20H,4-6,16H2,1-3H3/t20-/m1/s1. The van der Waals surface area contributed by atoms with Gasteiger partial charge in [0.25, 0.3) is 5.91 Å². The lowest BCUT2D eigenvalue weighted by Gasteiger charge is -2.20. The van der Waals surface area contributed by atoms with Crippen molar-refractivity contribution in [3.63, 3.8) is 0 Å². The topological polar surface area (TPSA) is 78.0 Å². The van der Waals surface area contributed by atoms with Gasteiger partial charge < -0.3 is 4.90 Å². The monoisotopic (exact) mass is 429 g/mol. The fraction of sp³-hybridized carbons (Fsp3) is 0.364. The Bertz CT molecular complexity index is 1000. The fourth-order valence-electron chi connectivity index (χ4n) is 3.75. The van der Waals surface area contributed by atoms with Crippen LogP contribution in [0.3, 0.4) is 0 Å². The number of carbonyl (C=O) groups excluding carboxylic acids is 2. The van der Waals surface area contributed by atoms with Gasteiger partial charge in [-0.2, -0.15) is 4.31 Å². The molecule has 3 amide bonds. The predicted octanol–water partition coefficient (Wildman–Crippen LogP) is 3.12. The van der Waals surface area contributed by atoms with E-state index < -0.39 is 16.1 Å². The maximum Gasteiger partial charge on any atom is 0.332 e. The van der Waals surface area contributed by atoms with Crippen molar-refractivity contribution in [2.45, 2.75) is 38.1 Å². The summed E-state index contributed by atoms with van der Waals surface area (Å²) in [5, 5.41) is 0. The Morgan fingerprint density at radius 2 is 1.50 bits per heavy atom. The largest absolute Gasteiger partial charge is 0.332 e. The summed E-state index contributed by atoms with van der Waals surface area (Å²) in [6.07, 6.45) is 0.435. The number of imide groups is 1. The summed E-state index contributed by atoms with van der Waals surface area (Å²) in [7, 11) is -3.60. The van der Waals surface area contributed by atoms with Gasteiger partial charge in [0.15, 0.2) is 0 Å². The Balaban J connectivity index is 1.88. The molecular formula is C22H27N3O4S. The number of carbonyl (C=O) groups is 2. The number of nitrogens with zero attached hydrogens (tertiary/aromatic N) is 3. The molecule has 0 bridgehead atoms. The van der Waals surface area contributed by atoms with Crippen LogP contribution in [0.4, 0.5) is 10.5 Å². The van der Waals surface area contributed by atoms with Gasteiger partial charge >= 0.3 is 6.03 Å². The number of urea groups is 1. The molecule has 0 radical (unpaired) electrons. The Morgan fingerprint density at radius 3 is 2.03 bits per heavy atom. The van der Waals surface area contributed by atoms with Crippen LogP contribution in [0, 0.1) is 0 Å². The third-order valence-corrected chi connectivity index (χ3v) is 7.43. The number of likely N-dealkylation sites (N-methyl/N-ethyl adjacent to an activating group) is 1. The highest BCUT2D eigenvalue weighted by molar-refractivity contribution is 7.89. The molecular weight excluding hydrogens is 402 g/mol. The van der Waals surface area contributed by atoms with Crippen LogP contribution in [0.15, 0.2) is 59.5 Å². The van der Waals surface area contributed by atoms with Crippen LogP contribution in [-0.4, -0.2) is 55.2 Å². The molecule has 2 aromatic rings. The molecule has 3 rings (SSSR count). The second-order valence-electron chi connectivity index (χ2n) is 7.03. The minimum Gasteiger partial charge on any atom is -0.312 e. The molecule has 1 saturated heterocycles. The molecule has 0 unspecified atom stereocenters. The molecule has 0 spiro atoms. The molecule has 8 heteroatoms. The summed E-state index contributed by atoms with van der Waals surface area (Å²) in [4.78, 5) is 28.9. The molecule has 1 heterocycles. The van der Waals surface area contributed by atoms with E-state index in [2.05, 4.69) is 0 Å². The molecule has 1 aliphatic rings. The lowest BCUT2D eigenvalue weighted by Crippen LogP contribution is -2.36. The van der Waals surface area contributed by atoms with E-state index in [0.717, 1.165) is 10.5 Å². The average Bonchev–Trinajstić information content (AvgIpc) is 2.98. The van der Waals surface area contributed by atoms with Crippen LogP contribution in [0.5, 0.6) is 0 Å². The van der Waals surface area contributed by atoms with Crippen molar-refractivity contribution in [2.75, 3.05) is 24.5 Å². The van der Waals surface area contributed by atoms with Gasteiger partial charge in [0.05, 0.1) is 10.6 Å². The molecule has 1 fully saturated rings. The van der Waals surface area contributed by atoms with Crippen molar-refractivity contribution in [1.82, 2.24) is 9.21 Å². The van der Waals surface area contributed by atoms with Crippen molar-refractivity contribution < 1.29 is 18.0 Å². The highest BCUT2D eigenvalue weighted by Gasteiger charge is 2.45. The van der Waals surface area contributed by atoms with Crippen LogP contribution in [0.2, 0.25) is 0 Å². The first-order valence-electron chi connectivity index (χ1n) is 10.1. The zero-order chi connectivity index (χ0) is 21.9. The van der Waals surface area contributed by atoms with Crippen LogP contribution < -0.4 is 4.90 Å². The second-order valence-corrected chi connectivity index (χ2v) is 8.97. The number of amides is 3. The average molecular weight is 430 g/mol. The highest BCUT2D eigenvalue weighted by Crippen LogP contribution is 2.28. The summed E-state index contributed by atoms with van der Waals surface area (Å²) >= 11 is 0. The summed E-state index contributed by atoms with van der Waals surface area (Å²) in [6, 6.07) is 14.5. The van der Waals surface area contributed by atoms with Crippen molar-refractivity contribution in [2.24, 2.45) is 0 Å². The summed E-state index contributed by atoms with van der Waals surface area (Å²) < 4.78 is 26.7. The zero-order valence-corrected chi connectivity index (χ0v) is 18.3. The maximum atomic E-state index is 13.1. The number of sulfonamides is 1. The van der Waals surface area contributed by atoms with Gasteiger partial charge in [-0.05, 0) is 36.8 Å². The molecule has 160 valence electrons. The number of hydrogen-bond acceptors (Lipinski definition) is 4. The predicted molar refractivity (Wildman–Crippen MR) is 116 cm³/mol. The number of hydrogen-bond donors (Lipinski definition) is 0. The Kier molecular flexibility index (Phi) is 6.58. The van der Waals surface area contributed by atoms with Crippen molar-refractivity contribution in [1.29, 1.82) is 0 Å². The molecule has 0 aliphatic carbocycles. The Labute approximate surface area is 177 Å². The van der Waals surface area contributed by atoms with E-state index in [-0.39, 0.29) is 16.8 Å². The van der Waals surface area contributed by atoms with Gasteiger partial charge in [0.1, 0.15) is 6.04 Å². The smallest absolute Gasteiger partial charge is 0.312 e. The van der Waals surface area contributed by atoms with Crippen molar-refractivity contribution >= 4 is 27.6 Å². The molecule has 1 atom stereocenters. The van der Waals surface area contributed by atoms with E-state index in [1.165, 1.54) is 28.6 Å². The summed E-state index contributed by atoms with van der Waals surface area (Å²) in [5.41, 5.74) is 1.35. The molecule has 0 aromatic heterocycles. The fourth-order valence-corrected chi connectivity index (χ4v) is 5.20. The lowest BCUT2D eigenvalue weighted by atomic mass is 10.1. The molecule has 1 aliphatic heterocycles. The summed E-state index contributed by atoms with van der Waals surface area (Å²) in [5.74, 6) is -0.301. The van der Waals surface area contributed by atoms with Gasteiger partial charge in [0.2, 0.25) is 10.0 Å². The maximum absolute atomic E-state index is 13.1. The Morgan fingerprint density at radius 1 is 0.900 bits per heavy atom. The molecule has 0 saturated carbocycles. The highest BCUT2D eigenvalue weighted by atomic mass is 32.2. The van der Waals surface area contributed by atoms with Crippen molar-refractivity contribution in [3.05, 3.63) is 60.2 Å². The number of anilines is 1. The van der Waals surface area contributed by atoms with E-state index in [9.17, 15) is 18.0 Å². The summed E-state index contributed by atoms with van der Waals surface area (Å²) in [6.45, 7) is 6.55. The minimum atomic E-state index is -3.60. The van der Waals surface area contributed by atoms with E-state index in [1.54, 1.807) is 18.7 Å². The van der Waals surface area contributed by atoms with Gasteiger partial charge in [-0.1, -0.05) is 44.2 Å². The van der Waals surface area contributed by atoms with E-state index in [1.807, 2.05) is 37.3 Å². The van der Waals surface area contributed by atoms with Gasteiger partial charge in [-0.25, -0.2) is 18.1 Å².